The van der Waals surface area contributed by atoms with Gasteiger partial charge in [0, 0.05) is 17.4 Å². The second kappa shape index (κ2) is 6.45. The highest BCUT2D eigenvalue weighted by atomic mass is 35.5. The van der Waals surface area contributed by atoms with E-state index in [0.29, 0.717) is 28.0 Å². The summed E-state index contributed by atoms with van der Waals surface area (Å²) in [6, 6.07) is 4.83. The van der Waals surface area contributed by atoms with Gasteiger partial charge in [0.1, 0.15) is 12.1 Å². The Morgan fingerprint density at radius 3 is 2.74 bits per heavy atom. The molecule has 1 amide bonds. The van der Waals surface area contributed by atoms with Gasteiger partial charge in [-0.2, -0.15) is 0 Å². The summed E-state index contributed by atoms with van der Waals surface area (Å²) in [5, 5.41) is 3.15. The van der Waals surface area contributed by atoms with Crippen LogP contribution < -0.4 is 10.1 Å². The zero-order valence-electron chi connectivity index (χ0n) is 12.1. The number of nitrogens with one attached hydrogen (secondary N) is 1. The van der Waals surface area contributed by atoms with E-state index in [1.54, 1.807) is 35.4 Å². The predicted molar refractivity (Wildman–Crippen MR) is 85.1 cm³/mol. The van der Waals surface area contributed by atoms with Gasteiger partial charge in [0.2, 0.25) is 5.95 Å². The fraction of sp³-hybridized carbons (Fsp3) is 0.0667. The zero-order chi connectivity index (χ0) is 16.2. The average molecular weight is 330 g/mol. The molecule has 0 fully saturated rings. The molecule has 7 nitrogen and oxygen atoms in total. The van der Waals surface area contributed by atoms with Gasteiger partial charge in [0.15, 0.2) is 0 Å². The van der Waals surface area contributed by atoms with E-state index in [9.17, 15) is 4.79 Å². The third kappa shape index (κ3) is 3.29. The Morgan fingerprint density at radius 2 is 2.09 bits per heavy atom. The molecule has 0 saturated carbocycles. The molecular formula is C15H12ClN5O2. The number of hydrogen-bond donors (Lipinski definition) is 1. The minimum absolute atomic E-state index is 0.332. The predicted octanol–water partition coefficient (Wildman–Crippen LogP) is 2.58. The van der Waals surface area contributed by atoms with Crippen molar-refractivity contribution in [1.29, 1.82) is 0 Å². The third-order valence-electron chi connectivity index (χ3n) is 3.04. The van der Waals surface area contributed by atoms with Crippen molar-refractivity contribution < 1.29 is 9.53 Å². The zero-order valence-corrected chi connectivity index (χ0v) is 12.9. The van der Waals surface area contributed by atoms with Gasteiger partial charge in [0.25, 0.3) is 5.91 Å². The van der Waals surface area contributed by atoms with Crippen molar-refractivity contribution >= 4 is 23.2 Å². The number of nitrogens with zero attached hydrogens (tertiary/aromatic N) is 4. The van der Waals surface area contributed by atoms with Crippen LogP contribution in [0.25, 0.3) is 5.95 Å². The highest BCUT2D eigenvalue weighted by Gasteiger charge is 2.13. The lowest BCUT2D eigenvalue weighted by Gasteiger charge is -2.09. The van der Waals surface area contributed by atoms with Gasteiger partial charge >= 0.3 is 0 Å². The number of aromatic nitrogens is 4. The molecule has 116 valence electrons. The van der Waals surface area contributed by atoms with Gasteiger partial charge in [-0.15, -0.1) is 0 Å². The second-order valence-electron chi connectivity index (χ2n) is 4.54. The number of anilines is 1. The monoisotopic (exact) mass is 329 g/mol. The normalized spacial score (nSPS) is 10.3. The Balaban J connectivity index is 1.79. The number of methoxy groups -OCH3 is 1. The van der Waals surface area contributed by atoms with Crippen molar-refractivity contribution in [3.63, 3.8) is 0 Å². The third-order valence-corrected chi connectivity index (χ3v) is 3.27. The van der Waals surface area contributed by atoms with Crippen LogP contribution in [0, 0.1) is 0 Å². The van der Waals surface area contributed by atoms with Crippen LogP contribution in [0.4, 0.5) is 5.69 Å². The molecule has 0 bridgehead atoms. The first-order valence-electron chi connectivity index (χ1n) is 6.62. The van der Waals surface area contributed by atoms with Gasteiger partial charge in [-0.05, 0) is 18.2 Å². The first kappa shape index (κ1) is 15.0. The fourth-order valence-corrected chi connectivity index (χ4v) is 2.12. The maximum Gasteiger partial charge on any atom is 0.259 e. The van der Waals surface area contributed by atoms with Crippen LogP contribution in [0.2, 0.25) is 5.02 Å². The molecular weight excluding hydrogens is 318 g/mol. The Kier molecular flexibility index (Phi) is 4.20. The quantitative estimate of drug-likeness (QED) is 0.795. The smallest absolute Gasteiger partial charge is 0.259 e. The van der Waals surface area contributed by atoms with E-state index in [1.807, 2.05) is 0 Å². The van der Waals surface area contributed by atoms with Crippen molar-refractivity contribution in [3.05, 3.63) is 59.9 Å². The van der Waals surface area contributed by atoms with E-state index >= 15 is 0 Å². The van der Waals surface area contributed by atoms with Crippen LogP contribution >= 0.6 is 11.6 Å². The SMILES string of the molecule is COc1ccc(Cl)cc1C(=O)Nc1cnc(-n2ccnc2)nc1. The Hall–Kier alpha value is -2.93. The van der Waals surface area contributed by atoms with Gasteiger partial charge in [-0.25, -0.2) is 15.0 Å². The summed E-state index contributed by atoms with van der Waals surface area (Å²) in [7, 11) is 1.49. The van der Waals surface area contributed by atoms with Crippen LogP contribution in [-0.4, -0.2) is 32.5 Å². The Bertz CT molecular complexity index is 818. The van der Waals surface area contributed by atoms with Gasteiger partial charge in [-0.3, -0.25) is 9.36 Å². The van der Waals surface area contributed by atoms with E-state index in [4.69, 9.17) is 16.3 Å². The molecule has 0 aliphatic carbocycles. The van der Waals surface area contributed by atoms with E-state index < -0.39 is 0 Å². The van der Waals surface area contributed by atoms with E-state index in [0.717, 1.165) is 0 Å². The maximum absolute atomic E-state index is 12.3. The van der Waals surface area contributed by atoms with Gasteiger partial charge < -0.3 is 10.1 Å². The molecule has 8 heteroatoms. The molecule has 0 saturated heterocycles. The van der Waals surface area contributed by atoms with E-state index in [1.165, 1.54) is 25.6 Å². The van der Waals surface area contributed by atoms with Crippen LogP contribution in [0.15, 0.2) is 49.3 Å². The summed E-state index contributed by atoms with van der Waals surface area (Å²) in [5.41, 5.74) is 0.791. The number of benzene rings is 1. The Morgan fingerprint density at radius 1 is 1.30 bits per heavy atom. The molecule has 0 aliphatic rings. The molecule has 2 aromatic heterocycles. The summed E-state index contributed by atoms with van der Waals surface area (Å²) in [6.07, 6.45) is 7.97. The van der Waals surface area contributed by atoms with Crippen LogP contribution in [0.1, 0.15) is 10.4 Å². The molecule has 0 atom stereocenters. The van der Waals surface area contributed by atoms with Crippen molar-refractivity contribution in [1.82, 2.24) is 19.5 Å². The molecule has 0 unspecified atom stereocenters. The molecule has 23 heavy (non-hydrogen) atoms. The van der Waals surface area contributed by atoms with Crippen LogP contribution in [0.5, 0.6) is 5.75 Å². The van der Waals surface area contributed by atoms with Crippen molar-refractivity contribution in [3.8, 4) is 11.7 Å². The minimum atomic E-state index is -0.358. The van der Waals surface area contributed by atoms with Crippen LogP contribution in [-0.2, 0) is 0 Å². The lowest BCUT2D eigenvalue weighted by Crippen LogP contribution is -2.14. The minimum Gasteiger partial charge on any atom is -0.496 e. The number of imidazole rings is 1. The number of rotatable bonds is 4. The molecule has 1 N–H and O–H groups in total. The summed E-state index contributed by atoms with van der Waals surface area (Å²) in [4.78, 5) is 24.6. The number of halogens is 1. The molecule has 0 spiro atoms. The van der Waals surface area contributed by atoms with Crippen molar-refractivity contribution in [2.24, 2.45) is 0 Å². The Labute approximate surface area is 136 Å². The van der Waals surface area contributed by atoms with Crippen molar-refractivity contribution in [2.75, 3.05) is 12.4 Å². The number of ether oxygens (including phenoxy) is 1. The summed E-state index contributed by atoms with van der Waals surface area (Å²) < 4.78 is 6.82. The first-order valence-corrected chi connectivity index (χ1v) is 7.00. The number of carbonyl (C=O) groups is 1. The lowest BCUT2D eigenvalue weighted by molar-refractivity contribution is 0.102. The summed E-state index contributed by atoms with van der Waals surface area (Å²) in [5.74, 6) is 0.534. The van der Waals surface area contributed by atoms with Gasteiger partial charge in [0.05, 0.1) is 30.8 Å². The number of hydrogen-bond acceptors (Lipinski definition) is 5. The van der Waals surface area contributed by atoms with Gasteiger partial charge in [-0.1, -0.05) is 11.6 Å². The topological polar surface area (TPSA) is 81.9 Å². The van der Waals surface area contributed by atoms with Crippen LogP contribution in [0.3, 0.4) is 0 Å². The molecule has 2 heterocycles. The van der Waals surface area contributed by atoms with Crippen molar-refractivity contribution in [2.45, 2.75) is 0 Å². The maximum atomic E-state index is 12.3. The highest BCUT2D eigenvalue weighted by Crippen LogP contribution is 2.23. The molecule has 3 aromatic rings. The lowest BCUT2D eigenvalue weighted by atomic mass is 10.2. The fourth-order valence-electron chi connectivity index (χ4n) is 1.95. The second-order valence-corrected chi connectivity index (χ2v) is 4.98. The molecule has 3 rings (SSSR count). The number of carbonyl (C=O) groups excluding carboxylic acids is 1. The average Bonchev–Trinajstić information content (AvgIpc) is 3.10. The summed E-state index contributed by atoms with van der Waals surface area (Å²) in [6.45, 7) is 0. The largest absolute Gasteiger partial charge is 0.496 e. The molecule has 0 radical (unpaired) electrons. The first-order chi connectivity index (χ1) is 11.2. The molecule has 0 aliphatic heterocycles. The highest BCUT2D eigenvalue weighted by molar-refractivity contribution is 6.31. The summed E-state index contributed by atoms with van der Waals surface area (Å²) >= 11 is 5.93. The standard InChI is InChI=1S/C15H12ClN5O2/c1-23-13-3-2-10(16)6-12(13)14(22)20-11-7-18-15(19-8-11)21-5-4-17-9-21/h2-9H,1H3,(H,20,22). The van der Waals surface area contributed by atoms with E-state index in [-0.39, 0.29) is 5.91 Å². The van der Waals surface area contributed by atoms with E-state index in [2.05, 4.69) is 20.3 Å². The number of amides is 1. The molecule has 1 aromatic carbocycles.